The third-order valence-corrected chi connectivity index (χ3v) is 3.27. The van der Waals surface area contributed by atoms with E-state index in [1.807, 2.05) is 0 Å². The average Bonchev–Trinajstić information content (AvgIpc) is 2.29. The van der Waals surface area contributed by atoms with Crippen LogP contribution in [0.5, 0.6) is 0 Å². The van der Waals surface area contributed by atoms with E-state index in [-0.39, 0.29) is 0 Å². The molecule has 0 saturated heterocycles. The highest BCUT2D eigenvalue weighted by atomic mass is 16.3. The first kappa shape index (κ1) is 10.6. The zero-order valence-electron chi connectivity index (χ0n) is 9.13. The molecule has 0 spiro atoms. The number of rotatable bonds is 2. The Bertz CT molecular complexity index is 302. The molecule has 1 aromatic rings. The maximum Gasteiger partial charge on any atom is 0.157 e. The summed E-state index contributed by atoms with van der Waals surface area (Å²) in [4.78, 5) is 8.24. The third kappa shape index (κ3) is 2.53. The predicted octanol–water partition coefficient (Wildman–Crippen LogP) is 2.34. The molecule has 0 bridgehead atoms. The summed E-state index contributed by atoms with van der Waals surface area (Å²) in [5.41, 5.74) is 0. The lowest BCUT2D eigenvalue weighted by Crippen LogP contribution is -2.21. The second-order valence-electron chi connectivity index (χ2n) is 4.58. The van der Waals surface area contributed by atoms with E-state index < -0.39 is 6.10 Å². The van der Waals surface area contributed by atoms with E-state index in [4.69, 9.17) is 0 Å². The van der Waals surface area contributed by atoms with Crippen molar-refractivity contribution in [3.63, 3.8) is 0 Å². The molecular formula is C12H18N2O. The van der Waals surface area contributed by atoms with E-state index in [2.05, 4.69) is 16.9 Å². The van der Waals surface area contributed by atoms with Gasteiger partial charge in [0.05, 0.1) is 0 Å². The molecule has 0 amide bonds. The summed E-state index contributed by atoms with van der Waals surface area (Å²) >= 11 is 0. The van der Waals surface area contributed by atoms with Gasteiger partial charge in [0.25, 0.3) is 0 Å². The Morgan fingerprint density at radius 3 is 2.73 bits per heavy atom. The van der Waals surface area contributed by atoms with E-state index >= 15 is 0 Å². The van der Waals surface area contributed by atoms with Gasteiger partial charge in [-0.05, 0) is 30.7 Å². The molecule has 3 heteroatoms. The highest BCUT2D eigenvalue weighted by Crippen LogP contribution is 2.35. The van der Waals surface area contributed by atoms with Crippen LogP contribution in [-0.4, -0.2) is 15.1 Å². The fourth-order valence-corrected chi connectivity index (χ4v) is 2.44. The van der Waals surface area contributed by atoms with Gasteiger partial charge in [-0.1, -0.05) is 19.8 Å². The molecular weight excluding hydrogens is 188 g/mol. The van der Waals surface area contributed by atoms with Crippen LogP contribution < -0.4 is 0 Å². The Labute approximate surface area is 90.6 Å². The number of hydrogen-bond acceptors (Lipinski definition) is 3. The SMILES string of the molecule is CC1CCCC(C(O)c2ncccn2)C1. The second kappa shape index (κ2) is 4.71. The van der Waals surface area contributed by atoms with Gasteiger partial charge in [-0.2, -0.15) is 0 Å². The standard InChI is InChI=1S/C12H18N2O/c1-9-4-2-5-10(8-9)11(15)12-13-6-3-7-14-12/h3,6-7,9-11,15H,2,4-5,8H2,1H3. The van der Waals surface area contributed by atoms with Gasteiger partial charge in [0.15, 0.2) is 5.82 Å². The van der Waals surface area contributed by atoms with Crippen LogP contribution in [0.15, 0.2) is 18.5 Å². The average molecular weight is 206 g/mol. The summed E-state index contributed by atoms with van der Waals surface area (Å²) in [6, 6.07) is 1.78. The lowest BCUT2D eigenvalue weighted by atomic mass is 9.79. The van der Waals surface area contributed by atoms with Crippen molar-refractivity contribution in [2.45, 2.75) is 38.7 Å². The van der Waals surface area contributed by atoms with Gasteiger partial charge < -0.3 is 5.11 Å². The molecule has 1 saturated carbocycles. The molecule has 82 valence electrons. The minimum absolute atomic E-state index is 0.344. The molecule has 3 atom stereocenters. The largest absolute Gasteiger partial charge is 0.385 e. The van der Waals surface area contributed by atoms with Crippen molar-refractivity contribution in [3.8, 4) is 0 Å². The molecule has 3 unspecified atom stereocenters. The maximum absolute atomic E-state index is 10.1. The Hall–Kier alpha value is -0.960. The van der Waals surface area contributed by atoms with E-state index in [9.17, 15) is 5.11 Å². The number of nitrogens with zero attached hydrogens (tertiary/aromatic N) is 2. The second-order valence-corrected chi connectivity index (χ2v) is 4.58. The summed E-state index contributed by atoms with van der Waals surface area (Å²) in [6.45, 7) is 2.25. The molecule has 0 aliphatic heterocycles. The normalized spacial score (nSPS) is 28.7. The first-order valence-corrected chi connectivity index (χ1v) is 5.72. The van der Waals surface area contributed by atoms with Crippen LogP contribution in [0, 0.1) is 11.8 Å². The first-order valence-electron chi connectivity index (χ1n) is 5.72. The van der Waals surface area contributed by atoms with E-state index in [0.717, 1.165) is 18.8 Å². The van der Waals surface area contributed by atoms with Crippen molar-refractivity contribution in [1.82, 2.24) is 9.97 Å². The smallest absolute Gasteiger partial charge is 0.157 e. The fourth-order valence-electron chi connectivity index (χ4n) is 2.44. The lowest BCUT2D eigenvalue weighted by Gasteiger charge is -2.29. The quantitative estimate of drug-likeness (QED) is 0.807. The molecule has 0 radical (unpaired) electrons. The van der Waals surface area contributed by atoms with Gasteiger partial charge in [0, 0.05) is 12.4 Å². The molecule has 1 N–H and O–H groups in total. The van der Waals surface area contributed by atoms with E-state index in [0.29, 0.717) is 11.7 Å². The summed E-state index contributed by atoms with van der Waals surface area (Å²) in [5.74, 6) is 1.65. The predicted molar refractivity (Wildman–Crippen MR) is 58.1 cm³/mol. The van der Waals surface area contributed by atoms with Gasteiger partial charge in [0.2, 0.25) is 0 Å². The summed E-state index contributed by atoms with van der Waals surface area (Å²) in [6.07, 6.45) is 7.61. The monoisotopic (exact) mass is 206 g/mol. The molecule has 1 aliphatic carbocycles. The first-order chi connectivity index (χ1) is 7.27. The molecule has 15 heavy (non-hydrogen) atoms. The Kier molecular flexibility index (Phi) is 3.31. The van der Waals surface area contributed by atoms with Crippen molar-refractivity contribution >= 4 is 0 Å². The Morgan fingerprint density at radius 1 is 1.33 bits per heavy atom. The summed E-state index contributed by atoms with van der Waals surface area (Å²) < 4.78 is 0. The molecule has 3 nitrogen and oxygen atoms in total. The van der Waals surface area contributed by atoms with Crippen LogP contribution in [0.1, 0.15) is 44.5 Å². The van der Waals surface area contributed by atoms with Crippen molar-refractivity contribution in [1.29, 1.82) is 0 Å². The summed E-state index contributed by atoms with van der Waals surface area (Å²) in [7, 11) is 0. The highest BCUT2D eigenvalue weighted by Gasteiger charge is 2.27. The Balaban J connectivity index is 2.04. The molecule has 2 rings (SSSR count). The fraction of sp³-hybridized carbons (Fsp3) is 0.667. The Morgan fingerprint density at radius 2 is 2.07 bits per heavy atom. The van der Waals surface area contributed by atoms with Crippen LogP contribution in [-0.2, 0) is 0 Å². The zero-order valence-corrected chi connectivity index (χ0v) is 9.13. The minimum atomic E-state index is -0.478. The van der Waals surface area contributed by atoms with Crippen molar-refractivity contribution in [3.05, 3.63) is 24.3 Å². The van der Waals surface area contributed by atoms with E-state index in [1.54, 1.807) is 18.5 Å². The lowest BCUT2D eigenvalue weighted by molar-refractivity contribution is 0.0643. The van der Waals surface area contributed by atoms with Crippen molar-refractivity contribution in [2.75, 3.05) is 0 Å². The van der Waals surface area contributed by atoms with Crippen molar-refractivity contribution in [2.24, 2.45) is 11.8 Å². The molecule has 1 aromatic heterocycles. The summed E-state index contributed by atoms with van der Waals surface area (Å²) in [5, 5.41) is 10.1. The topological polar surface area (TPSA) is 46.0 Å². The molecule has 0 aromatic carbocycles. The number of aromatic nitrogens is 2. The van der Waals surface area contributed by atoms with Crippen LogP contribution >= 0.6 is 0 Å². The van der Waals surface area contributed by atoms with E-state index in [1.165, 1.54) is 12.8 Å². The van der Waals surface area contributed by atoms with Gasteiger partial charge in [-0.15, -0.1) is 0 Å². The number of aliphatic hydroxyl groups is 1. The van der Waals surface area contributed by atoms with Gasteiger partial charge in [-0.3, -0.25) is 0 Å². The number of aliphatic hydroxyl groups excluding tert-OH is 1. The third-order valence-electron chi connectivity index (χ3n) is 3.27. The number of hydrogen-bond donors (Lipinski definition) is 1. The van der Waals surface area contributed by atoms with Crippen LogP contribution in [0.25, 0.3) is 0 Å². The highest BCUT2D eigenvalue weighted by molar-refractivity contribution is 4.95. The van der Waals surface area contributed by atoms with Crippen molar-refractivity contribution < 1.29 is 5.11 Å². The van der Waals surface area contributed by atoms with Crippen LogP contribution in [0.2, 0.25) is 0 Å². The minimum Gasteiger partial charge on any atom is -0.385 e. The van der Waals surface area contributed by atoms with Gasteiger partial charge >= 0.3 is 0 Å². The molecule has 1 heterocycles. The zero-order chi connectivity index (χ0) is 10.7. The van der Waals surface area contributed by atoms with Crippen LogP contribution in [0.3, 0.4) is 0 Å². The van der Waals surface area contributed by atoms with Crippen LogP contribution in [0.4, 0.5) is 0 Å². The maximum atomic E-state index is 10.1. The molecule has 1 aliphatic rings. The van der Waals surface area contributed by atoms with Gasteiger partial charge in [-0.25, -0.2) is 9.97 Å². The van der Waals surface area contributed by atoms with Gasteiger partial charge in [0.1, 0.15) is 6.10 Å². The molecule has 1 fully saturated rings.